The Morgan fingerprint density at radius 2 is 2.03 bits per heavy atom. The number of hydrogen-bond donors (Lipinski definition) is 2. The van der Waals surface area contributed by atoms with Gasteiger partial charge < -0.3 is 20.2 Å². The van der Waals surface area contributed by atoms with Crippen LogP contribution in [0.2, 0.25) is 5.02 Å². The van der Waals surface area contributed by atoms with E-state index < -0.39 is 17.8 Å². The van der Waals surface area contributed by atoms with E-state index in [1.165, 1.54) is 31.3 Å². The van der Waals surface area contributed by atoms with Crippen molar-refractivity contribution in [3.63, 3.8) is 0 Å². The first-order valence-electron chi connectivity index (χ1n) is 12.1. The van der Waals surface area contributed by atoms with Gasteiger partial charge in [0.2, 0.25) is 5.91 Å². The quantitative estimate of drug-likeness (QED) is 0.624. The van der Waals surface area contributed by atoms with E-state index in [1.54, 1.807) is 6.07 Å². The lowest BCUT2D eigenvalue weighted by Crippen LogP contribution is -2.51. The number of rotatable bonds is 7. The topological polar surface area (TPSA) is 81.6 Å². The third kappa shape index (κ3) is 4.76. The lowest BCUT2D eigenvalue weighted by molar-refractivity contribution is -0.133. The van der Waals surface area contributed by atoms with Gasteiger partial charge in [0, 0.05) is 38.3 Å². The van der Waals surface area contributed by atoms with Gasteiger partial charge in [0.15, 0.2) is 0 Å². The van der Waals surface area contributed by atoms with Gasteiger partial charge in [-0.05, 0) is 55.3 Å². The lowest BCUT2D eigenvalue weighted by Gasteiger charge is -2.38. The van der Waals surface area contributed by atoms with Crippen molar-refractivity contribution < 1.29 is 14.3 Å². The molecule has 3 aliphatic rings. The number of piperazine rings is 1. The molecule has 1 aliphatic heterocycles. The Morgan fingerprint density at radius 3 is 2.74 bits per heavy atom. The molecule has 0 radical (unpaired) electrons. The molecule has 2 heterocycles. The van der Waals surface area contributed by atoms with E-state index in [9.17, 15) is 14.3 Å². The Morgan fingerprint density at radius 1 is 1.26 bits per heavy atom. The summed E-state index contributed by atoms with van der Waals surface area (Å²) in [5.74, 6) is 0.790. The van der Waals surface area contributed by atoms with Crippen molar-refractivity contribution in [2.75, 3.05) is 44.2 Å². The van der Waals surface area contributed by atoms with Crippen molar-refractivity contribution >= 4 is 23.3 Å². The van der Waals surface area contributed by atoms with Crippen molar-refractivity contribution in [1.82, 2.24) is 20.2 Å². The maximum atomic E-state index is 14.2. The predicted molar refractivity (Wildman–Crippen MR) is 129 cm³/mol. The molecule has 1 saturated heterocycles. The summed E-state index contributed by atoms with van der Waals surface area (Å²) < 4.78 is 14.2. The standard InChI is InChI=1S/C25H31ClFN5O2/c1-15-10-21(33)23-22(15)24(30-14-29-23)31-6-8-32(9-7-31)25(34)18(13-28-12-16-2-3-16)17-4-5-19(26)20(27)11-17/h4-5,11,14-16,18,21,28,33H,2-3,6-10,12-13H2,1H3/t15-,18-,21+/m1/s1. The van der Waals surface area contributed by atoms with Gasteiger partial charge >= 0.3 is 0 Å². The average Bonchev–Trinajstić information content (AvgIpc) is 3.62. The third-order valence-corrected chi connectivity index (χ3v) is 7.60. The van der Waals surface area contributed by atoms with Crippen LogP contribution in [-0.4, -0.2) is 65.2 Å². The van der Waals surface area contributed by atoms with Gasteiger partial charge in [-0.3, -0.25) is 4.79 Å². The second-order valence-corrected chi connectivity index (χ2v) is 10.2. The highest BCUT2D eigenvalue weighted by atomic mass is 35.5. The van der Waals surface area contributed by atoms with Gasteiger partial charge in [-0.15, -0.1) is 0 Å². The zero-order valence-electron chi connectivity index (χ0n) is 19.4. The summed E-state index contributed by atoms with van der Waals surface area (Å²) in [4.78, 5) is 26.4. The average molecular weight is 488 g/mol. The molecule has 2 fully saturated rings. The smallest absolute Gasteiger partial charge is 0.231 e. The molecule has 1 saturated carbocycles. The number of aliphatic hydroxyl groups is 1. The van der Waals surface area contributed by atoms with Crippen LogP contribution in [0.1, 0.15) is 60.9 Å². The highest BCUT2D eigenvalue weighted by molar-refractivity contribution is 6.30. The Bertz CT molecular complexity index is 1060. The molecule has 2 N–H and O–H groups in total. The number of nitrogens with zero attached hydrogens (tertiary/aromatic N) is 4. The van der Waals surface area contributed by atoms with Gasteiger partial charge in [-0.2, -0.15) is 0 Å². The first kappa shape index (κ1) is 23.5. The van der Waals surface area contributed by atoms with Crippen LogP contribution in [0, 0.1) is 11.7 Å². The van der Waals surface area contributed by atoms with Crippen molar-refractivity contribution in [3.8, 4) is 0 Å². The van der Waals surface area contributed by atoms with E-state index in [4.69, 9.17) is 11.6 Å². The van der Waals surface area contributed by atoms with Crippen molar-refractivity contribution in [1.29, 1.82) is 0 Å². The maximum absolute atomic E-state index is 14.2. The minimum Gasteiger partial charge on any atom is -0.387 e. The second-order valence-electron chi connectivity index (χ2n) is 9.79. The number of halogens is 2. The number of carbonyl (C=O) groups excluding carboxylic acids is 1. The fourth-order valence-corrected chi connectivity index (χ4v) is 5.26. The number of carbonyl (C=O) groups is 1. The minimum absolute atomic E-state index is 0.00127. The zero-order valence-corrected chi connectivity index (χ0v) is 20.1. The predicted octanol–water partition coefficient (Wildman–Crippen LogP) is 3.24. The maximum Gasteiger partial charge on any atom is 0.231 e. The normalized spacial score (nSPS) is 23.2. The summed E-state index contributed by atoms with van der Waals surface area (Å²) >= 11 is 5.88. The van der Waals surface area contributed by atoms with Crippen LogP contribution in [0.25, 0.3) is 0 Å². The molecular formula is C25H31ClFN5O2. The van der Waals surface area contributed by atoms with Crippen LogP contribution < -0.4 is 10.2 Å². The number of hydrogen-bond acceptors (Lipinski definition) is 6. The van der Waals surface area contributed by atoms with Crippen molar-refractivity contribution in [2.24, 2.45) is 5.92 Å². The Hall–Kier alpha value is -2.29. The minimum atomic E-state index is -0.543. The molecular weight excluding hydrogens is 457 g/mol. The van der Waals surface area contributed by atoms with Gasteiger partial charge in [0.25, 0.3) is 0 Å². The largest absolute Gasteiger partial charge is 0.387 e. The highest BCUT2D eigenvalue weighted by Crippen LogP contribution is 2.42. The summed E-state index contributed by atoms with van der Waals surface area (Å²) in [6, 6.07) is 4.66. The number of aliphatic hydroxyl groups excluding tert-OH is 1. The molecule has 2 aliphatic carbocycles. The Labute approximate surface area is 204 Å². The molecule has 0 unspecified atom stereocenters. The Kier molecular flexibility index (Phi) is 6.73. The molecule has 182 valence electrons. The number of nitrogens with one attached hydrogen (secondary N) is 1. The molecule has 34 heavy (non-hydrogen) atoms. The van der Waals surface area contributed by atoms with Crippen LogP contribution in [0.4, 0.5) is 10.2 Å². The molecule has 0 spiro atoms. The molecule has 7 nitrogen and oxygen atoms in total. The second kappa shape index (κ2) is 9.76. The van der Waals surface area contributed by atoms with Gasteiger partial charge in [0.1, 0.15) is 18.0 Å². The summed E-state index contributed by atoms with van der Waals surface area (Å²) in [6.45, 7) is 5.87. The molecule has 1 amide bonds. The summed E-state index contributed by atoms with van der Waals surface area (Å²) in [5.41, 5.74) is 2.39. The fourth-order valence-electron chi connectivity index (χ4n) is 5.14. The first-order valence-corrected chi connectivity index (χ1v) is 12.5. The van der Waals surface area contributed by atoms with E-state index in [0.29, 0.717) is 50.6 Å². The van der Waals surface area contributed by atoms with Gasteiger partial charge in [0.05, 0.1) is 22.7 Å². The van der Waals surface area contributed by atoms with Crippen LogP contribution in [0.5, 0.6) is 0 Å². The van der Waals surface area contributed by atoms with Crippen LogP contribution in [0.15, 0.2) is 24.5 Å². The summed E-state index contributed by atoms with van der Waals surface area (Å²) in [5, 5.41) is 13.8. The molecule has 2 aromatic rings. The molecule has 5 rings (SSSR count). The number of benzene rings is 1. The summed E-state index contributed by atoms with van der Waals surface area (Å²) in [6.07, 6.45) is 4.09. The van der Waals surface area contributed by atoms with E-state index in [-0.39, 0.29) is 16.8 Å². The summed E-state index contributed by atoms with van der Waals surface area (Å²) in [7, 11) is 0. The van der Waals surface area contributed by atoms with E-state index in [2.05, 4.69) is 27.1 Å². The zero-order chi connectivity index (χ0) is 23.8. The number of aromatic nitrogens is 2. The molecule has 9 heteroatoms. The first-order chi connectivity index (χ1) is 16.4. The Balaban J connectivity index is 1.28. The lowest BCUT2D eigenvalue weighted by atomic mass is 9.96. The van der Waals surface area contributed by atoms with E-state index in [1.807, 2.05) is 4.90 Å². The molecule has 1 aromatic heterocycles. The van der Waals surface area contributed by atoms with E-state index >= 15 is 0 Å². The SMILES string of the molecule is C[C@@H]1C[C@H](O)c2ncnc(N3CCN(C(=O)[C@H](CNCC4CC4)c4ccc(Cl)c(F)c4)CC3)c21. The fraction of sp³-hybridized carbons (Fsp3) is 0.560. The highest BCUT2D eigenvalue weighted by Gasteiger charge is 2.35. The van der Waals surface area contributed by atoms with Gasteiger partial charge in [-0.1, -0.05) is 24.6 Å². The monoisotopic (exact) mass is 487 g/mol. The molecule has 3 atom stereocenters. The third-order valence-electron chi connectivity index (χ3n) is 7.29. The van der Waals surface area contributed by atoms with Crippen LogP contribution in [0.3, 0.4) is 0 Å². The van der Waals surface area contributed by atoms with Crippen molar-refractivity contribution in [2.45, 2.75) is 44.1 Å². The van der Waals surface area contributed by atoms with Crippen LogP contribution in [-0.2, 0) is 4.79 Å². The molecule has 1 aromatic carbocycles. The number of fused-ring (bicyclic) bond motifs is 1. The van der Waals surface area contributed by atoms with E-state index in [0.717, 1.165) is 23.6 Å². The van der Waals surface area contributed by atoms with Crippen molar-refractivity contribution in [3.05, 3.63) is 52.2 Å². The van der Waals surface area contributed by atoms with Crippen LogP contribution >= 0.6 is 11.6 Å². The molecule has 0 bridgehead atoms. The number of anilines is 1. The van der Waals surface area contributed by atoms with Gasteiger partial charge in [-0.25, -0.2) is 14.4 Å². The number of amides is 1.